The van der Waals surface area contributed by atoms with E-state index in [-0.39, 0.29) is 6.61 Å². The van der Waals surface area contributed by atoms with Crippen molar-refractivity contribution >= 4 is 6.16 Å². The Bertz CT molecular complexity index is 148. The van der Waals surface area contributed by atoms with Gasteiger partial charge < -0.3 is 4.74 Å². The van der Waals surface area contributed by atoms with E-state index in [1.165, 1.54) is 0 Å². The second-order valence-corrected chi connectivity index (χ2v) is 3.13. The Balaban J connectivity index is 3.55. The van der Waals surface area contributed by atoms with E-state index in [2.05, 4.69) is 21.6 Å². The third-order valence-electron chi connectivity index (χ3n) is 2.08. The average molecular weight is 205 g/mol. The monoisotopic (exact) mass is 205 g/mol. The molecule has 0 aromatic carbocycles. The summed E-state index contributed by atoms with van der Waals surface area (Å²) in [5.41, 5.74) is 0. The van der Waals surface area contributed by atoms with Crippen molar-refractivity contribution in [3.63, 3.8) is 0 Å². The van der Waals surface area contributed by atoms with Crippen LogP contribution in [0.3, 0.4) is 0 Å². The summed E-state index contributed by atoms with van der Waals surface area (Å²) in [7, 11) is 0. The number of carbonyl (C=O) groups excluding carboxylic acids is 1. The van der Waals surface area contributed by atoms with Gasteiger partial charge in [-0.1, -0.05) is 33.1 Å². The maximum atomic E-state index is 10.6. The molecule has 0 rings (SSSR count). The molecule has 14 heavy (non-hydrogen) atoms. The zero-order valence-electron chi connectivity index (χ0n) is 8.65. The fraction of sp³-hybridized carbons (Fsp3) is 0.889. The van der Waals surface area contributed by atoms with Gasteiger partial charge in [0, 0.05) is 10.3 Å². The van der Waals surface area contributed by atoms with Crippen LogP contribution in [-0.2, 0) is 19.9 Å². The molecule has 0 aromatic heterocycles. The predicted octanol–water partition coefficient (Wildman–Crippen LogP) is 2.63. The molecule has 0 heterocycles. The SMILES string of the molecule is CCCCC(CC)COC(=O)OO[O]. The molecule has 0 N–H and O–H groups in total. The molecular weight excluding hydrogens is 188 g/mol. The molecule has 0 bridgehead atoms. The summed E-state index contributed by atoms with van der Waals surface area (Å²) in [4.78, 5) is 14.2. The van der Waals surface area contributed by atoms with Crippen molar-refractivity contribution in [3.8, 4) is 0 Å². The highest BCUT2D eigenvalue weighted by atomic mass is 17.5. The highest BCUT2D eigenvalue weighted by molar-refractivity contribution is 5.58. The van der Waals surface area contributed by atoms with Crippen molar-refractivity contribution in [3.05, 3.63) is 0 Å². The average Bonchev–Trinajstić information content (AvgIpc) is 2.19. The molecule has 0 saturated carbocycles. The molecule has 0 aliphatic heterocycles. The van der Waals surface area contributed by atoms with E-state index >= 15 is 0 Å². The van der Waals surface area contributed by atoms with E-state index in [1.807, 2.05) is 6.92 Å². The molecule has 0 saturated heterocycles. The van der Waals surface area contributed by atoms with Gasteiger partial charge in [-0.2, -0.15) is 0 Å². The summed E-state index contributed by atoms with van der Waals surface area (Å²) >= 11 is 0. The maximum absolute atomic E-state index is 10.6. The third kappa shape index (κ3) is 6.68. The number of unbranched alkanes of at least 4 members (excludes halogenated alkanes) is 1. The molecule has 0 fully saturated rings. The summed E-state index contributed by atoms with van der Waals surface area (Å²) in [5, 5.41) is 12.3. The molecule has 1 unspecified atom stereocenters. The molecule has 5 nitrogen and oxygen atoms in total. The second kappa shape index (κ2) is 8.77. The van der Waals surface area contributed by atoms with Crippen LogP contribution >= 0.6 is 0 Å². The number of hydrogen-bond donors (Lipinski definition) is 0. The lowest BCUT2D eigenvalue weighted by Gasteiger charge is -2.12. The van der Waals surface area contributed by atoms with Gasteiger partial charge in [-0.25, -0.2) is 9.68 Å². The molecule has 0 spiro atoms. The standard InChI is InChI=1S/C9H17O5/c1-3-5-6-8(4-2)7-12-9(10)13-14-11/h8H,3-7H2,1-2H3. The normalized spacial score (nSPS) is 12.2. The van der Waals surface area contributed by atoms with Crippen molar-refractivity contribution in [1.29, 1.82) is 0 Å². The van der Waals surface area contributed by atoms with Crippen LogP contribution in [0.2, 0.25) is 0 Å². The van der Waals surface area contributed by atoms with Crippen LogP contribution in [0, 0.1) is 5.92 Å². The third-order valence-corrected chi connectivity index (χ3v) is 2.08. The van der Waals surface area contributed by atoms with Crippen molar-refractivity contribution in [2.45, 2.75) is 39.5 Å². The minimum absolute atomic E-state index is 0.276. The van der Waals surface area contributed by atoms with E-state index in [0.717, 1.165) is 25.7 Å². The first-order valence-electron chi connectivity index (χ1n) is 4.87. The Morgan fingerprint density at radius 3 is 2.57 bits per heavy atom. The van der Waals surface area contributed by atoms with Crippen molar-refractivity contribution in [2.75, 3.05) is 6.61 Å². The second-order valence-electron chi connectivity index (χ2n) is 3.13. The number of rotatable bonds is 7. The largest absolute Gasteiger partial charge is 0.542 e. The van der Waals surface area contributed by atoms with Gasteiger partial charge in [-0.3, -0.25) is 0 Å². The molecule has 1 radical (unpaired) electrons. The lowest BCUT2D eigenvalue weighted by atomic mass is 10.0. The fourth-order valence-corrected chi connectivity index (χ4v) is 1.14. The highest BCUT2D eigenvalue weighted by Crippen LogP contribution is 2.12. The van der Waals surface area contributed by atoms with Crippen molar-refractivity contribution in [2.24, 2.45) is 5.92 Å². The molecule has 0 amide bonds. The smallest absolute Gasteiger partial charge is 0.432 e. The van der Waals surface area contributed by atoms with Crippen molar-refractivity contribution < 1.29 is 24.7 Å². The zero-order valence-corrected chi connectivity index (χ0v) is 8.65. The van der Waals surface area contributed by atoms with Gasteiger partial charge in [0.15, 0.2) is 0 Å². The van der Waals surface area contributed by atoms with Gasteiger partial charge in [-0.05, 0) is 12.3 Å². The van der Waals surface area contributed by atoms with Crippen molar-refractivity contribution in [1.82, 2.24) is 0 Å². The van der Waals surface area contributed by atoms with Crippen LogP contribution in [0.1, 0.15) is 39.5 Å². The first kappa shape index (κ1) is 13.2. The van der Waals surface area contributed by atoms with Crippen LogP contribution in [0.15, 0.2) is 0 Å². The summed E-state index contributed by atoms with van der Waals surface area (Å²) in [6.07, 6.45) is 3.10. The molecule has 83 valence electrons. The van der Waals surface area contributed by atoms with Gasteiger partial charge in [0.2, 0.25) is 0 Å². The predicted molar refractivity (Wildman–Crippen MR) is 47.5 cm³/mol. The van der Waals surface area contributed by atoms with E-state index < -0.39 is 6.16 Å². The molecular formula is C9H17O5. The van der Waals surface area contributed by atoms with Gasteiger partial charge in [0.1, 0.15) is 0 Å². The lowest BCUT2D eigenvalue weighted by molar-refractivity contribution is -0.500. The number of carbonyl (C=O) groups is 1. The maximum Gasteiger partial charge on any atom is 0.542 e. The molecule has 1 atom stereocenters. The molecule has 0 aliphatic carbocycles. The van der Waals surface area contributed by atoms with E-state index in [9.17, 15) is 10.1 Å². The quantitative estimate of drug-likeness (QED) is 0.364. The Kier molecular flexibility index (Phi) is 8.27. The van der Waals surface area contributed by atoms with E-state index in [4.69, 9.17) is 0 Å². The van der Waals surface area contributed by atoms with Crippen LogP contribution in [-0.4, -0.2) is 12.8 Å². The van der Waals surface area contributed by atoms with Gasteiger partial charge >= 0.3 is 6.16 Å². The van der Waals surface area contributed by atoms with Crippen LogP contribution < -0.4 is 0 Å². The Labute approximate surface area is 83.8 Å². The first-order valence-corrected chi connectivity index (χ1v) is 4.87. The molecule has 0 aromatic rings. The first-order chi connectivity index (χ1) is 6.74. The Morgan fingerprint density at radius 2 is 2.07 bits per heavy atom. The Hall–Kier alpha value is -0.810. The lowest BCUT2D eigenvalue weighted by Crippen LogP contribution is -2.14. The highest BCUT2D eigenvalue weighted by Gasteiger charge is 2.11. The summed E-state index contributed by atoms with van der Waals surface area (Å²) in [6.45, 7) is 4.41. The van der Waals surface area contributed by atoms with Crippen LogP contribution in [0.5, 0.6) is 0 Å². The van der Waals surface area contributed by atoms with Crippen LogP contribution in [0.4, 0.5) is 4.79 Å². The summed E-state index contributed by atoms with van der Waals surface area (Å²) < 4.78 is 4.65. The Morgan fingerprint density at radius 1 is 1.36 bits per heavy atom. The number of ether oxygens (including phenoxy) is 1. The summed E-state index contributed by atoms with van der Waals surface area (Å²) in [5.74, 6) is 0.328. The van der Waals surface area contributed by atoms with E-state index in [0.29, 0.717) is 5.92 Å². The summed E-state index contributed by atoms with van der Waals surface area (Å²) in [6, 6.07) is 0. The zero-order chi connectivity index (χ0) is 10.8. The molecule has 0 aliphatic rings. The number of hydrogen-bond acceptors (Lipinski definition) is 4. The topological polar surface area (TPSA) is 64.7 Å². The minimum Gasteiger partial charge on any atom is -0.432 e. The van der Waals surface area contributed by atoms with Crippen LogP contribution in [0.25, 0.3) is 0 Å². The van der Waals surface area contributed by atoms with Gasteiger partial charge in [-0.15, -0.1) is 0 Å². The molecule has 5 heteroatoms. The van der Waals surface area contributed by atoms with Gasteiger partial charge in [0.05, 0.1) is 6.61 Å². The van der Waals surface area contributed by atoms with E-state index in [1.54, 1.807) is 0 Å². The minimum atomic E-state index is -1.07. The fourth-order valence-electron chi connectivity index (χ4n) is 1.14. The van der Waals surface area contributed by atoms with Gasteiger partial charge in [0.25, 0.3) is 0 Å².